The second-order valence-corrected chi connectivity index (χ2v) is 5.78. The third-order valence-corrected chi connectivity index (χ3v) is 4.27. The first-order chi connectivity index (χ1) is 9.25. The van der Waals surface area contributed by atoms with Crippen LogP contribution in [0.15, 0.2) is 30.3 Å². The van der Waals surface area contributed by atoms with Crippen LogP contribution in [0.4, 0.5) is 0 Å². The van der Waals surface area contributed by atoms with Gasteiger partial charge in [-0.2, -0.15) is 0 Å². The van der Waals surface area contributed by atoms with E-state index in [0.29, 0.717) is 12.0 Å². The first-order valence-electron chi connectivity index (χ1n) is 7.35. The second kappa shape index (κ2) is 5.33. The summed E-state index contributed by atoms with van der Waals surface area (Å²) >= 11 is 0. The van der Waals surface area contributed by atoms with Crippen molar-refractivity contribution in [1.29, 1.82) is 0 Å². The van der Waals surface area contributed by atoms with E-state index >= 15 is 0 Å². The molecule has 0 aromatic heterocycles. The van der Waals surface area contributed by atoms with E-state index in [4.69, 9.17) is 0 Å². The van der Waals surface area contributed by atoms with Crippen molar-refractivity contribution in [2.24, 2.45) is 0 Å². The van der Waals surface area contributed by atoms with Gasteiger partial charge in [0.15, 0.2) is 0 Å². The molecule has 2 fully saturated rings. The summed E-state index contributed by atoms with van der Waals surface area (Å²) in [5.74, 6) is 0.867. The van der Waals surface area contributed by atoms with E-state index in [2.05, 4.69) is 29.6 Å². The molecule has 3 rings (SSSR count). The van der Waals surface area contributed by atoms with Crippen LogP contribution >= 0.6 is 0 Å². The van der Waals surface area contributed by atoms with Crippen molar-refractivity contribution in [3.63, 3.8) is 0 Å². The number of nitrogens with zero attached hydrogens (tertiary/aromatic N) is 1. The fourth-order valence-electron chi connectivity index (χ4n) is 3.05. The molecule has 0 radical (unpaired) electrons. The van der Waals surface area contributed by atoms with E-state index < -0.39 is 0 Å². The van der Waals surface area contributed by atoms with Crippen molar-refractivity contribution in [3.05, 3.63) is 35.9 Å². The van der Waals surface area contributed by atoms with Crippen LogP contribution in [0.25, 0.3) is 0 Å². The third-order valence-electron chi connectivity index (χ3n) is 4.27. The van der Waals surface area contributed by atoms with Crippen molar-refractivity contribution in [1.82, 2.24) is 10.2 Å². The van der Waals surface area contributed by atoms with Gasteiger partial charge in [0, 0.05) is 25.0 Å². The predicted octanol–water partition coefficient (Wildman–Crippen LogP) is 2.14. The molecule has 1 amide bonds. The Kier molecular flexibility index (Phi) is 3.56. The van der Waals surface area contributed by atoms with Crippen molar-refractivity contribution in [2.75, 3.05) is 13.1 Å². The highest BCUT2D eigenvalue weighted by Gasteiger charge is 2.40. The highest BCUT2D eigenvalue weighted by Crippen LogP contribution is 2.40. The average Bonchev–Trinajstić information content (AvgIpc) is 3.00. The summed E-state index contributed by atoms with van der Waals surface area (Å²) in [6.45, 7) is 3.89. The fourth-order valence-corrected chi connectivity index (χ4v) is 3.05. The van der Waals surface area contributed by atoms with Crippen LogP contribution in [0.1, 0.15) is 37.7 Å². The minimum absolute atomic E-state index is 0.0446. The maximum Gasteiger partial charge on any atom is 0.239 e. The molecule has 1 saturated carbocycles. The molecule has 1 aromatic rings. The lowest BCUT2D eigenvalue weighted by atomic mass is 10.1. The van der Waals surface area contributed by atoms with E-state index in [0.717, 1.165) is 32.4 Å². The maximum atomic E-state index is 12.2. The van der Waals surface area contributed by atoms with E-state index in [1.807, 2.05) is 17.9 Å². The predicted molar refractivity (Wildman–Crippen MR) is 76.0 cm³/mol. The first-order valence-corrected chi connectivity index (χ1v) is 7.35. The smallest absolute Gasteiger partial charge is 0.239 e. The van der Waals surface area contributed by atoms with E-state index in [1.54, 1.807) is 0 Å². The Hall–Kier alpha value is -1.35. The molecule has 1 heterocycles. The van der Waals surface area contributed by atoms with E-state index in [-0.39, 0.29) is 11.9 Å². The lowest BCUT2D eigenvalue weighted by Crippen LogP contribution is -2.44. The van der Waals surface area contributed by atoms with Crippen molar-refractivity contribution in [2.45, 2.75) is 44.2 Å². The van der Waals surface area contributed by atoms with Crippen LogP contribution in [-0.4, -0.2) is 36.0 Å². The molecule has 3 heteroatoms. The molecule has 0 bridgehead atoms. The number of amides is 1. The quantitative estimate of drug-likeness (QED) is 0.897. The second-order valence-electron chi connectivity index (χ2n) is 5.78. The molecular formula is C16H22N2O. The van der Waals surface area contributed by atoms with Gasteiger partial charge in [-0.05, 0) is 31.7 Å². The average molecular weight is 258 g/mol. The van der Waals surface area contributed by atoms with E-state index in [9.17, 15) is 4.79 Å². The molecule has 3 unspecified atom stereocenters. The Labute approximate surface area is 115 Å². The van der Waals surface area contributed by atoms with Crippen LogP contribution in [-0.2, 0) is 4.79 Å². The minimum atomic E-state index is -0.0446. The number of rotatable bonds is 4. The maximum absolute atomic E-state index is 12.2. The molecular weight excluding hydrogens is 236 g/mol. The molecule has 1 N–H and O–H groups in total. The molecule has 1 aliphatic carbocycles. The van der Waals surface area contributed by atoms with Crippen LogP contribution in [0, 0.1) is 0 Å². The molecule has 102 valence electrons. The van der Waals surface area contributed by atoms with Crippen LogP contribution in [0.2, 0.25) is 0 Å². The largest absolute Gasteiger partial charge is 0.341 e. The van der Waals surface area contributed by atoms with Crippen LogP contribution in [0.3, 0.4) is 0 Å². The zero-order valence-electron chi connectivity index (χ0n) is 11.5. The summed E-state index contributed by atoms with van der Waals surface area (Å²) in [5.41, 5.74) is 1.39. The van der Waals surface area contributed by atoms with Gasteiger partial charge < -0.3 is 10.2 Å². The summed E-state index contributed by atoms with van der Waals surface area (Å²) in [4.78, 5) is 14.2. The molecule has 0 spiro atoms. The van der Waals surface area contributed by atoms with Crippen LogP contribution in [0.5, 0.6) is 0 Å². The number of hydrogen-bond donors (Lipinski definition) is 1. The summed E-state index contributed by atoms with van der Waals surface area (Å²) in [5, 5.41) is 3.49. The van der Waals surface area contributed by atoms with Crippen molar-refractivity contribution < 1.29 is 4.79 Å². The SMILES string of the molecule is CC(NC1CC1c1ccccc1)C(=O)N1CCCC1. The zero-order chi connectivity index (χ0) is 13.2. The van der Waals surface area contributed by atoms with Crippen LogP contribution < -0.4 is 5.32 Å². The molecule has 3 atom stereocenters. The summed E-state index contributed by atoms with van der Waals surface area (Å²) in [6, 6.07) is 11.0. The number of carbonyl (C=O) groups is 1. The van der Waals surface area contributed by atoms with Crippen molar-refractivity contribution >= 4 is 5.91 Å². The fraction of sp³-hybridized carbons (Fsp3) is 0.562. The van der Waals surface area contributed by atoms with Gasteiger partial charge in [-0.3, -0.25) is 4.79 Å². The molecule has 1 saturated heterocycles. The number of carbonyl (C=O) groups excluding carboxylic acids is 1. The van der Waals surface area contributed by atoms with Gasteiger partial charge >= 0.3 is 0 Å². The van der Waals surface area contributed by atoms with Gasteiger partial charge in [-0.1, -0.05) is 30.3 Å². The lowest BCUT2D eigenvalue weighted by molar-refractivity contribution is -0.132. The van der Waals surface area contributed by atoms with Gasteiger partial charge in [0.2, 0.25) is 5.91 Å². The molecule has 3 nitrogen and oxygen atoms in total. The Morgan fingerprint density at radius 2 is 1.95 bits per heavy atom. The number of hydrogen-bond acceptors (Lipinski definition) is 2. The third kappa shape index (κ3) is 2.81. The van der Waals surface area contributed by atoms with Gasteiger partial charge in [0.25, 0.3) is 0 Å². The highest BCUT2D eigenvalue weighted by molar-refractivity contribution is 5.81. The Morgan fingerprint density at radius 1 is 1.26 bits per heavy atom. The van der Waals surface area contributed by atoms with Gasteiger partial charge in [0.05, 0.1) is 6.04 Å². The molecule has 1 aromatic carbocycles. The van der Waals surface area contributed by atoms with E-state index in [1.165, 1.54) is 5.56 Å². The number of nitrogens with one attached hydrogen (secondary N) is 1. The molecule has 2 aliphatic rings. The monoisotopic (exact) mass is 258 g/mol. The van der Waals surface area contributed by atoms with Gasteiger partial charge in [-0.15, -0.1) is 0 Å². The molecule has 19 heavy (non-hydrogen) atoms. The Balaban J connectivity index is 1.51. The topological polar surface area (TPSA) is 32.3 Å². The summed E-state index contributed by atoms with van der Waals surface area (Å²) in [6.07, 6.45) is 3.48. The highest BCUT2D eigenvalue weighted by atomic mass is 16.2. The summed E-state index contributed by atoms with van der Waals surface area (Å²) < 4.78 is 0. The molecule has 1 aliphatic heterocycles. The Morgan fingerprint density at radius 3 is 2.63 bits per heavy atom. The lowest BCUT2D eigenvalue weighted by Gasteiger charge is -2.21. The zero-order valence-corrected chi connectivity index (χ0v) is 11.5. The summed E-state index contributed by atoms with van der Waals surface area (Å²) in [7, 11) is 0. The van der Waals surface area contributed by atoms with Gasteiger partial charge in [-0.25, -0.2) is 0 Å². The van der Waals surface area contributed by atoms with Gasteiger partial charge in [0.1, 0.15) is 0 Å². The van der Waals surface area contributed by atoms with Crippen molar-refractivity contribution in [3.8, 4) is 0 Å². The normalized spacial score (nSPS) is 27.3. The number of benzene rings is 1. The Bertz CT molecular complexity index is 439. The minimum Gasteiger partial charge on any atom is -0.341 e. The first kappa shape index (κ1) is 12.7. The number of likely N-dealkylation sites (tertiary alicyclic amines) is 1. The standard InChI is InChI=1S/C16H22N2O/c1-12(16(19)18-9-5-6-10-18)17-15-11-14(15)13-7-3-2-4-8-13/h2-4,7-8,12,14-15,17H,5-6,9-11H2,1H3.